The first-order valence-corrected chi connectivity index (χ1v) is 7.29. The third-order valence-electron chi connectivity index (χ3n) is 4.97. The molecule has 0 amide bonds. The molecule has 3 rings (SSSR count). The number of fused-ring (bicyclic) bond motifs is 2. The Kier molecular flexibility index (Phi) is 3.27. The minimum absolute atomic E-state index is 0.133. The maximum absolute atomic E-state index is 9.94. The van der Waals surface area contributed by atoms with E-state index in [-0.39, 0.29) is 12.1 Å². The Morgan fingerprint density at radius 3 is 2.58 bits per heavy atom. The highest BCUT2D eigenvalue weighted by molar-refractivity contribution is 5.48. The van der Waals surface area contributed by atoms with Gasteiger partial charge in [0.15, 0.2) is 0 Å². The number of nitrogens with one attached hydrogen (secondary N) is 1. The molecule has 2 saturated heterocycles. The van der Waals surface area contributed by atoms with Crippen LogP contribution in [0.2, 0.25) is 0 Å². The summed E-state index contributed by atoms with van der Waals surface area (Å²) < 4.78 is 0. The molecule has 0 aromatic heterocycles. The summed E-state index contributed by atoms with van der Waals surface area (Å²) in [5.41, 5.74) is 2.26. The minimum atomic E-state index is -0.133. The van der Waals surface area contributed by atoms with Crippen LogP contribution in [-0.2, 0) is 0 Å². The van der Waals surface area contributed by atoms with Crippen molar-refractivity contribution in [3.05, 3.63) is 29.8 Å². The molecule has 2 heterocycles. The zero-order chi connectivity index (χ0) is 13.5. The number of anilines is 1. The van der Waals surface area contributed by atoms with Crippen molar-refractivity contribution in [1.29, 1.82) is 0 Å². The maximum Gasteiger partial charge on any atom is 0.0662 e. The second-order valence-corrected chi connectivity index (χ2v) is 6.39. The Labute approximate surface area is 115 Å². The third-order valence-corrected chi connectivity index (χ3v) is 4.97. The Hall–Kier alpha value is -1.06. The molecule has 0 aliphatic carbocycles. The summed E-state index contributed by atoms with van der Waals surface area (Å²) in [7, 11) is 2.23. The molecule has 2 unspecified atom stereocenters. The topological polar surface area (TPSA) is 35.5 Å². The van der Waals surface area contributed by atoms with Gasteiger partial charge < -0.3 is 15.3 Å². The lowest BCUT2D eigenvalue weighted by molar-refractivity contribution is 0.0833. The van der Waals surface area contributed by atoms with Gasteiger partial charge in [-0.1, -0.05) is 12.1 Å². The molecule has 19 heavy (non-hydrogen) atoms. The van der Waals surface area contributed by atoms with Crippen molar-refractivity contribution >= 4 is 5.69 Å². The van der Waals surface area contributed by atoms with E-state index in [1.54, 1.807) is 0 Å². The SMILES string of the molecule is Cc1cccc(NC2(CO)CC3CCC(C2)N3C)c1. The predicted molar refractivity (Wildman–Crippen MR) is 78.4 cm³/mol. The van der Waals surface area contributed by atoms with Gasteiger partial charge in [-0.2, -0.15) is 0 Å². The summed E-state index contributed by atoms with van der Waals surface area (Å²) in [6.07, 6.45) is 4.64. The molecule has 2 bridgehead atoms. The molecule has 2 fully saturated rings. The molecule has 104 valence electrons. The summed E-state index contributed by atoms with van der Waals surface area (Å²) in [5, 5.41) is 13.6. The van der Waals surface area contributed by atoms with E-state index in [1.807, 2.05) is 0 Å². The summed E-state index contributed by atoms with van der Waals surface area (Å²) in [5.74, 6) is 0. The Balaban J connectivity index is 1.81. The van der Waals surface area contributed by atoms with E-state index in [0.717, 1.165) is 18.5 Å². The van der Waals surface area contributed by atoms with Crippen LogP contribution in [0, 0.1) is 6.92 Å². The number of benzene rings is 1. The van der Waals surface area contributed by atoms with Gasteiger partial charge in [-0.3, -0.25) is 0 Å². The summed E-state index contributed by atoms with van der Waals surface area (Å²) in [6.45, 7) is 2.33. The van der Waals surface area contributed by atoms with E-state index >= 15 is 0 Å². The molecule has 1 aromatic carbocycles. The molecule has 3 heteroatoms. The number of nitrogens with zero attached hydrogens (tertiary/aromatic N) is 1. The summed E-state index contributed by atoms with van der Waals surface area (Å²) in [6, 6.07) is 9.70. The van der Waals surface area contributed by atoms with Crippen molar-refractivity contribution in [1.82, 2.24) is 4.90 Å². The van der Waals surface area contributed by atoms with E-state index in [2.05, 4.69) is 48.5 Å². The van der Waals surface area contributed by atoms with Crippen LogP contribution in [0.1, 0.15) is 31.2 Å². The molecule has 3 nitrogen and oxygen atoms in total. The van der Waals surface area contributed by atoms with Crippen LogP contribution in [0.3, 0.4) is 0 Å². The zero-order valence-electron chi connectivity index (χ0n) is 11.9. The van der Waals surface area contributed by atoms with Crippen LogP contribution in [0.4, 0.5) is 5.69 Å². The normalized spacial score (nSPS) is 34.5. The number of aliphatic hydroxyl groups excluding tert-OH is 1. The molecule has 1 aromatic rings. The molecular weight excluding hydrogens is 236 g/mol. The average Bonchev–Trinajstić information content (AvgIpc) is 2.63. The Morgan fingerprint density at radius 1 is 1.32 bits per heavy atom. The van der Waals surface area contributed by atoms with Gasteiger partial charge in [-0.05, 0) is 57.4 Å². The second-order valence-electron chi connectivity index (χ2n) is 6.39. The highest BCUT2D eigenvalue weighted by atomic mass is 16.3. The number of aryl methyl sites for hydroxylation is 1. The fraction of sp³-hybridized carbons (Fsp3) is 0.625. The van der Waals surface area contributed by atoms with Crippen molar-refractivity contribution in [3.8, 4) is 0 Å². The Bertz CT molecular complexity index is 446. The first-order chi connectivity index (χ1) is 9.12. The van der Waals surface area contributed by atoms with Crippen molar-refractivity contribution in [2.45, 2.75) is 50.2 Å². The molecule has 0 radical (unpaired) electrons. The standard InChI is InChI=1S/C16H24N2O/c1-12-4-3-5-13(8-12)17-16(11-19)9-14-6-7-15(10-16)18(14)2/h3-5,8,14-15,17,19H,6-7,9-11H2,1-2H3. The van der Waals surface area contributed by atoms with Crippen LogP contribution in [0.25, 0.3) is 0 Å². The number of aliphatic hydroxyl groups is 1. The van der Waals surface area contributed by atoms with Crippen molar-refractivity contribution in [3.63, 3.8) is 0 Å². The van der Waals surface area contributed by atoms with E-state index in [1.165, 1.54) is 18.4 Å². The van der Waals surface area contributed by atoms with Crippen molar-refractivity contribution in [2.75, 3.05) is 19.0 Å². The summed E-state index contributed by atoms with van der Waals surface area (Å²) in [4.78, 5) is 2.51. The largest absolute Gasteiger partial charge is 0.394 e. The van der Waals surface area contributed by atoms with Crippen LogP contribution in [0.5, 0.6) is 0 Å². The van der Waals surface area contributed by atoms with Crippen molar-refractivity contribution in [2.24, 2.45) is 0 Å². The van der Waals surface area contributed by atoms with Gasteiger partial charge in [0.05, 0.1) is 12.1 Å². The fourth-order valence-electron chi connectivity index (χ4n) is 3.87. The van der Waals surface area contributed by atoms with Crippen LogP contribution < -0.4 is 5.32 Å². The highest BCUT2D eigenvalue weighted by Gasteiger charge is 2.46. The van der Waals surface area contributed by atoms with Gasteiger partial charge in [0.1, 0.15) is 0 Å². The van der Waals surface area contributed by atoms with Gasteiger partial charge in [-0.15, -0.1) is 0 Å². The van der Waals surface area contributed by atoms with Crippen LogP contribution in [-0.4, -0.2) is 41.3 Å². The van der Waals surface area contributed by atoms with E-state index in [4.69, 9.17) is 0 Å². The van der Waals surface area contributed by atoms with Gasteiger partial charge in [0.25, 0.3) is 0 Å². The van der Waals surface area contributed by atoms with Gasteiger partial charge in [0.2, 0.25) is 0 Å². The minimum Gasteiger partial charge on any atom is -0.394 e. The van der Waals surface area contributed by atoms with Crippen LogP contribution >= 0.6 is 0 Å². The molecule has 2 aliphatic heterocycles. The fourth-order valence-corrected chi connectivity index (χ4v) is 3.87. The lowest BCUT2D eigenvalue weighted by Gasteiger charge is -2.45. The van der Waals surface area contributed by atoms with E-state index < -0.39 is 0 Å². The van der Waals surface area contributed by atoms with Gasteiger partial charge >= 0.3 is 0 Å². The predicted octanol–water partition coefficient (Wildman–Crippen LogP) is 2.39. The average molecular weight is 260 g/mol. The molecule has 2 aliphatic rings. The van der Waals surface area contributed by atoms with E-state index in [0.29, 0.717) is 12.1 Å². The Morgan fingerprint density at radius 2 is 2.00 bits per heavy atom. The first kappa shape index (κ1) is 12.9. The van der Waals surface area contributed by atoms with E-state index in [9.17, 15) is 5.11 Å². The van der Waals surface area contributed by atoms with Gasteiger partial charge in [-0.25, -0.2) is 0 Å². The first-order valence-electron chi connectivity index (χ1n) is 7.29. The molecule has 0 saturated carbocycles. The quantitative estimate of drug-likeness (QED) is 0.876. The molecule has 2 atom stereocenters. The number of hydrogen-bond donors (Lipinski definition) is 2. The monoisotopic (exact) mass is 260 g/mol. The van der Waals surface area contributed by atoms with Crippen molar-refractivity contribution < 1.29 is 5.11 Å². The smallest absolute Gasteiger partial charge is 0.0662 e. The lowest BCUT2D eigenvalue weighted by atomic mass is 9.83. The lowest BCUT2D eigenvalue weighted by Crippen LogP contribution is -2.55. The van der Waals surface area contributed by atoms with Crippen LogP contribution in [0.15, 0.2) is 24.3 Å². The van der Waals surface area contributed by atoms with Gasteiger partial charge in [0, 0.05) is 17.8 Å². The molecule has 2 N–H and O–H groups in total. The highest BCUT2D eigenvalue weighted by Crippen LogP contribution is 2.41. The maximum atomic E-state index is 9.94. The molecular formula is C16H24N2O. The second kappa shape index (κ2) is 4.80. The summed E-state index contributed by atoms with van der Waals surface area (Å²) >= 11 is 0. The molecule has 0 spiro atoms. The number of rotatable bonds is 3. The number of hydrogen-bond acceptors (Lipinski definition) is 3. The zero-order valence-corrected chi connectivity index (χ0v) is 11.9. The third kappa shape index (κ3) is 2.37. The number of piperidine rings is 1.